The van der Waals surface area contributed by atoms with Gasteiger partial charge in [-0.3, -0.25) is 9.59 Å². The summed E-state index contributed by atoms with van der Waals surface area (Å²) in [6.07, 6.45) is 6.26. The van der Waals surface area contributed by atoms with E-state index in [4.69, 9.17) is 16.1 Å². The molecule has 202 valence electrons. The minimum atomic E-state index is -0.305. The normalized spacial score (nSPS) is 16.3. The number of hydrogen-bond acceptors (Lipinski definition) is 5. The zero-order valence-corrected chi connectivity index (χ0v) is 23.1. The van der Waals surface area contributed by atoms with Crippen molar-refractivity contribution in [2.24, 2.45) is 5.92 Å². The zero-order valence-electron chi connectivity index (χ0n) is 22.3. The maximum absolute atomic E-state index is 13.8. The van der Waals surface area contributed by atoms with Gasteiger partial charge in [-0.25, -0.2) is 0 Å². The van der Waals surface area contributed by atoms with Gasteiger partial charge < -0.3 is 14.3 Å². The molecule has 0 saturated carbocycles. The molecular formula is C30H37ClN4O3. The molecular weight excluding hydrogens is 500 g/mol. The Morgan fingerprint density at radius 1 is 1.11 bits per heavy atom. The molecule has 3 aromatic rings. The highest BCUT2D eigenvalue weighted by Crippen LogP contribution is 2.32. The van der Waals surface area contributed by atoms with Crippen LogP contribution in [0.4, 0.5) is 0 Å². The molecule has 1 saturated heterocycles. The lowest BCUT2D eigenvalue weighted by atomic mass is 9.97. The molecule has 0 radical (unpaired) electrons. The number of hydrogen-bond donors (Lipinski definition) is 0. The minimum absolute atomic E-state index is 0.0328. The van der Waals surface area contributed by atoms with E-state index in [1.807, 2.05) is 47.4 Å². The second-order valence-corrected chi connectivity index (χ2v) is 10.4. The summed E-state index contributed by atoms with van der Waals surface area (Å²) in [4.78, 5) is 35.6. The van der Waals surface area contributed by atoms with Gasteiger partial charge in [-0.05, 0) is 61.9 Å². The SMILES string of the molecule is CCCC[C@@H](CC)C(=O)N(CC(=O)N1CCCC[C@H]1c1nc(-c2ccc(Cl)cc2)no1)Cc1ccccc1. The Bertz CT molecular complexity index is 1180. The summed E-state index contributed by atoms with van der Waals surface area (Å²) >= 11 is 6.01. The number of rotatable bonds is 11. The zero-order chi connectivity index (χ0) is 26.9. The van der Waals surface area contributed by atoms with E-state index in [0.717, 1.165) is 56.1 Å². The molecule has 4 rings (SSSR count). The highest BCUT2D eigenvalue weighted by Gasteiger charge is 2.34. The first kappa shape index (κ1) is 27.8. The van der Waals surface area contributed by atoms with E-state index in [2.05, 4.69) is 24.0 Å². The summed E-state index contributed by atoms with van der Waals surface area (Å²) in [5.74, 6) is 0.780. The maximum Gasteiger partial charge on any atom is 0.249 e. The van der Waals surface area contributed by atoms with Crippen molar-refractivity contribution >= 4 is 23.4 Å². The fourth-order valence-corrected chi connectivity index (χ4v) is 5.18. The van der Waals surface area contributed by atoms with Gasteiger partial charge in [-0.15, -0.1) is 0 Å². The van der Waals surface area contributed by atoms with E-state index in [9.17, 15) is 9.59 Å². The first-order valence-corrected chi connectivity index (χ1v) is 14.1. The number of aromatic nitrogens is 2. The van der Waals surface area contributed by atoms with Gasteiger partial charge >= 0.3 is 0 Å². The first-order chi connectivity index (χ1) is 18.5. The Kier molecular flexibility index (Phi) is 9.93. The molecule has 1 aliphatic heterocycles. The van der Waals surface area contributed by atoms with E-state index in [1.165, 1.54) is 0 Å². The van der Waals surface area contributed by atoms with Crippen molar-refractivity contribution < 1.29 is 14.1 Å². The molecule has 2 atom stereocenters. The summed E-state index contributed by atoms with van der Waals surface area (Å²) in [5, 5.41) is 4.80. The summed E-state index contributed by atoms with van der Waals surface area (Å²) in [6, 6.07) is 16.8. The highest BCUT2D eigenvalue weighted by molar-refractivity contribution is 6.30. The molecule has 8 heteroatoms. The third-order valence-electron chi connectivity index (χ3n) is 7.25. The molecule has 0 bridgehead atoms. The van der Waals surface area contributed by atoms with Crippen LogP contribution < -0.4 is 0 Å². The Labute approximate surface area is 230 Å². The third-order valence-corrected chi connectivity index (χ3v) is 7.51. The highest BCUT2D eigenvalue weighted by atomic mass is 35.5. The van der Waals surface area contributed by atoms with E-state index < -0.39 is 0 Å². The van der Waals surface area contributed by atoms with Crippen molar-refractivity contribution in [1.29, 1.82) is 0 Å². The molecule has 1 fully saturated rings. The molecule has 2 heterocycles. The van der Waals surface area contributed by atoms with Crippen LogP contribution in [0.3, 0.4) is 0 Å². The average Bonchev–Trinajstić information content (AvgIpc) is 3.44. The molecule has 7 nitrogen and oxygen atoms in total. The van der Waals surface area contributed by atoms with Crippen LogP contribution in [-0.2, 0) is 16.1 Å². The average molecular weight is 537 g/mol. The fraction of sp³-hybridized carbons (Fsp3) is 0.467. The van der Waals surface area contributed by atoms with Gasteiger partial charge in [0.25, 0.3) is 0 Å². The van der Waals surface area contributed by atoms with Crippen LogP contribution in [0.5, 0.6) is 0 Å². The van der Waals surface area contributed by atoms with Gasteiger partial charge in [0, 0.05) is 29.6 Å². The lowest BCUT2D eigenvalue weighted by Crippen LogP contribution is -2.47. The number of likely N-dealkylation sites (tertiary alicyclic amines) is 1. The van der Waals surface area contributed by atoms with Crippen LogP contribution in [0.2, 0.25) is 5.02 Å². The number of carbonyl (C=O) groups excluding carboxylic acids is 2. The summed E-state index contributed by atoms with van der Waals surface area (Å²) in [6.45, 7) is 5.23. The van der Waals surface area contributed by atoms with E-state index in [1.54, 1.807) is 17.0 Å². The van der Waals surface area contributed by atoms with E-state index >= 15 is 0 Å². The molecule has 1 aliphatic rings. The molecule has 1 aromatic heterocycles. The summed E-state index contributed by atoms with van der Waals surface area (Å²) in [5.41, 5.74) is 1.81. The van der Waals surface area contributed by atoms with Gasteiger partial charge in [-0.2, -0.15) is 4.98 Å². The van der Waals surface area contributed by atoms with Crippen LogP contribution in [0.15, 0.2) is 59.1 Å². The molecule has 0 spiro atoms. The Morgan fingerprint density at radius 3 is 2.58 bits per heavy atom. The van der Waals surface area contributed by atoms with Gasteiger partial charge in [-0.1, -0.05) is 73.8 Å². The minimum Gasteiger partial charge on any atom is -0.337 e. The van der Waals surface area contributed by atoms with Crippen LogP contribution in [0.25, 0.3) is 11.4 Å². The number of carbonyl (C=O) groups is 2. The quantitative estimate of drug-likeness (QED) is 0.273. The topological polar surface area (TPSA) is 79.5 Å². The smallest absolute Gasteiger partial charge is 0.249 e. The van der Waals surface area contributed by atoms with Crippen molar-refractivity contribution in [2.45, 2.75) is 71.4 Å². The number of nitrogens with zero attached hydrogens (tertiary/aromatic N) is 4. The van der Waals surface area contributed by atoms with Crippen molar-refractivity contribution in [3.63, 3.8) is 0 Å². The van der Waals surface area contributed by atoms with Gasteiger partial charge in [0.1, 0.15) is 12.6 Å². The van der Waals surface area contributed by atoms with Crippen LogP contribution in [0.1, 0.15) is 76.3 Å². The fourth-order valence-electron chi connectivity index (χ4n) is 5.05. The predicted octanol–water partition coefficient (Wildman–Crippen LogP) is 6.69. The molecule has 0 aliphatic carbocycles. The van der Waals surface area contributed by atoms with Gasteiger partial charge in [0.2, 0.25) is 23.5 Å². The molecule has 38 heavy (non-hydrogen) atoms. The Morgan fingerprint density at radius 2 is 1.87 bits per heavy atom. The van der Waals surface area contributed by atoms with Crippen molar-refractivity contribution in [2.75, 3.05) is 13.1 Å². The number of unbranched alkanes of at least 4 members (excludes halogenated alkanes) is 1. The number of benzene rings is 2. The lowest BCUT2D eigenvalue weighted by molar-refractivity contribution is -0.146. The standard InChI is InChI=1S/C30H37ClN4O3/c1-3-5-13-23(4-2)30(37)34(20-22-11-7-6-8-12-22)21-27(36)35-19-10-9-14-26(35)29-32-28(33-38-29)24-15-17-25(31)18-16-24/h6-8,11-12,15-18,23,26H,3-5,9-10,13-14,19-21H2,1-2H3/t23-,26+/m1/s1. The molecule has 0 unspecified atom stereocenters. The third kappa shape index (κ3) is 7.01. The second-order valence-electron chi connectivity index (χ2n) is 9.99. The van der Waals surface area contributed by atoms with Crippen molar-refractivity contribution in [3.05, 3.63) is 71.1 Å². The van der Waals surface area contributed by atoms with E-state index in [-0.39, 0.29) is 30.3 Å². The molecule has 2 amide bonds. The largest absolute Gasteiger partial charge is 0.337 e. The predicted molar refractivity (Wildman–Crippen MR) is 148 cm³/mol. The Balaban J connectivity index is 1.53. The molecule has 0 N–H and O–H groups in total. The lowest BCUT2D eigenvalue weighted by Gasteiger charge is -2.35. The van der Waals surface area contributed by atoms with Crippen LogP contribution >= 0.6 is 11.6 Å². The summed E-state index contributed by atoms with van der Waals surface area (Å²) in [7, 11) is 0. The second kappa shape index (κ2) is 13.6. The number of amides is 2. The van der Waals surface area contributed by atoms with Crippen molar-refractivity contribution in [3.8, 4) is 11.4 Å². The van der Waals surface area contributed by atoms with E-state index in [0.29, 0.717) is 29.8 Å². The van der Waals surface area contributed by atoms with Crippen molar-refractivity contribution in [1.82, 2.24) is 19.9 Å². The Hall–Kier alpha value is -3.19. The maximum atomic E-state index is 13.8. The van der Waals surface area contributed by atoms with Crippen LogP contribution in [-0.4, -0.2) is 44.8 Å². The number of halogens is 1. The monoisotopic (exact) mass is 536 g/mol. The van der Waals surface area contributed by atoms with Gasteiger partial charge in [0.05, 0.1) is 0 Å². The summed E-state index contributed by atoms with van der Waals surface area (Å²) < 4.78 is 5.65. The first-order valence-electron chi connectivity index (χ1n) is 13.7. The molecule has 2 aromatic carbocycles. The van der Waals surface area contributed by atoms with Gasteiger partial charge in [0.15, 0.2) is 0 Å². The van der Waals surface area contributed by atoms with Crippen LogP contribution in [0, 0.1) is 5.92 Å². The number of piperidine rings is 1.